The van der Waals surface area contributed by atoms with Crippen molar-refractivity contribution in [2.24, 2.45) is 4.99 Å². The van der Waals surface area contributed by atoms with Crippen molar-refractivity contribution in [2.45, 2.75) is 19.9 Å². The zero-order valence-corrected chi connectivity index (χ0v) is 7.85. The van der Waals surface area contributed by atoms with E-state index in [1.54, 1.807) is 0 Å². The maximum absolute atomic E-state index is 4.36. The van der Waals surface area contributed by atoms with Crippen LogP contribution in [0.25, 0.3) is 0 Å². The predicted octanol–water partition coefficient (Wildman–Crippen LogP) is -0.467. The van der Waals surface area contributed by atoms with E-state index in [1.807, 2.05) is 0 Å². The first-order valence-electron chi connectivity index (χ1n) is 4.50. The summed E-state index contributed by atoms with van der Waals surface area (Å²) in [5, 5.41) is 9.73. The molecule has 1 fully saturated rings. The van der Waals surface area contributed by atoms with Gasteiger partial charge in [-0.25, -0.2) is 0 Å². The van der Waals surface area contributed by atoms with E-state index in [0.29, 0.717) is 12.7 Å². The molecule has 12 heavy (non-hydrogen) atoms. The van der Waals surface area contributed by atoms with Gasteiger partial charge in [-0.15, -0.1) is 0 Å². The number of nitrogens with one attached hydrogen (secondary N) is 3. The third kappa shape index (κ3) is 3.69. The molecule has 1 aliphatic rings. The van der Waals surface area contributed by atoms with Gasteiger partial charge in [0.05, 0.1) is 13.2 Å². The van der Waals surface area contributed by atoms with E-state index >= 15 is 0 Å². The zero-order chi connectivity index (χ0) is 8.81. The van der Waals surface area contributed by atoms with Crippen molar-refractivity contribution < 1.29 is 0 Å². The Kier molecular flexibility index (Phi) is 4.04. The van der Waals surface area contributed by atoms with Crippen molar-refractivity contribution in [1.29, 1.82) is 0 Å². The number of piperazine rings is 1. The summed E-state index contributed by atoms with van der Waals surface area (Å²) in [6.07, 6.45) is 0. The van der Waals surface area contributed by atoms with Crippen LogP contribution in [0.2, 0.25) is 0 Å². The quantitative estimate of drug-likeness (QED) is 0.537. The third-order valence-electron chi connectivity index (χ3n) is 1.69. The molecule has 3 N–H and O–H groups in total. The zero-order valence-electron chi connectivity index (χ0n) is 7.85. The molecule has 4 nitrogen and oxygen atoms in total. The lowest BCUT2D eigenvalue weighted by molar-refractivity contribution is 0.595. The summed E-state index contributed by atoms with van der Waals surface area (Å²) in [5.74, 6) is 1.06. The summed E-state index contributed by atoms with van der Waals surface area (Å²) in [5.41, 5.74) is 0. The first-order valence-corrected chi connectivity index (χ1v) is 4.50. The van der Waals surface area contributed by atoms with Gasteiger partial charge in [0.2, 0.25) is 0 Å². The third-order valence-corrected chi connectivity index (χ3v) is 1.69. The van der Waals surface area contributed by atoms with Crippen LogP contribution in [0.5, 0.6) is 0 Å². The average Bonchev–Trinajstić information content (AvgIpc) is 2.05. The van der Waals surface area contributed by atoms with Gasteiger partial charge in [0.1, 0.15) is 5.84 Å². The summed E-state index contributed by atoms with van der Waals surface area (Å²) >= 11 is 0. The average molecular weight is 170 g/mol. The molecule has 0 aliphatic carbocycles. The Bertz CT molecular complexity index is 145. The lowest BCUT2D eigenvalue weighted by Crippen LogP contribution is -2.45. The van der Waals surface area contributed by atoms with Crippen LogP contribution < -0.4 is 16.0 Å². The molecule has 0 unspecified atom stereocenters. The Morgan fingerprint density at radius 3 is 2.92 bits per heavy atom. The highest BCUT2D eigenvalue weighted by Crippen LogP contribution is 1.80. The molecule has 4 heteroatoms. The molecule has 0 radical (unpaired) electrons. The fraction of sp³-hybridized carbons (Fsp3) is 0.875. The Morgan fingerprint density at radius 1 is 1.50 bits per heavy atom. The Morgan fingerprint density at radius 2 is 2.33 bits per heavy atom. The van der Waals surface area contributed by atoms with Gasteiger partial charge >= 0.3 is 0 Å². The van der Waals surface area contributed by atoms with E-state index < -0.39 is 0 Å². The van der Waals surface area contributed by atoms with Gasteiger partial charge in [-0.1, -0.05) is 0 Å². The van der Waals surface area contributed by atoms with Gasteiger partial charge in [0.15, 0.2) is 0 Å². The molecule has 1 aliphatic heterocycles. The summed E-state index contributed by atoms with van der Waals surface area (Å²) in [6.45, 7) is 7.85. The Hall–Kier alpha value is -0.610. The van der Waals surface area contributed by atoms with E-state index in [9.17, 15) is 0 Å². The number of rotatable bonds is 3. The summed E-state index contributed by atoms with van der Waals surface area (Å²) in [6, 6.07) is 0.505. The molecule has 0 amide bonds. The normalized spacial score (nSPS) is 21.4. The van der Waals surface area contributed by atoms with E-state index in [-0.39, 0.29) is 0 Å². The number of hydrogen-bond donors (Lipinski definition) is 3. The molecule has 70 valence electrons. The van der Waals surface area contributed by atoms with Gasteiger partial charge in [-0.05, 0) is 13.8 Å². The van der Waals surface area contributed by atoms with Crippen LogP contribution in [-0.2, 0) is 0 Å². The highest BCUT2D eigenvalue weighted by molar-refractivity contribution is 5.84. The van der Waals surface area contributed by atoms with Crippen molar-refractivity contribution >= 4 is 5.84 Å². The van der Waals surface area contributed by atoms with E-state index in [2.05, 4.69) is 34.8 Å². The van der Waals surface area contributed by atoms with E-state index in [4.69, 9.17) is 0 Å². The SMILES string of the molecule is CC(C)NC/N=C1/CNCCN1. The minimum atomic E-state index is 0.505. The van der Waals surface area contributed by atoms with Crippen molar-refractivity contribution in [3.8, 4) is 0 Å². The second-order valence-corrected chi connectivity index (χ2v) is 3.23. The lowest BCUT2D eigenvalue weighted by Gasteiger charge is -2.17. The smallest absolute Gasteiger partial charge is 0.112 e. The molecule has 0 aromatic heterocycles. The molecule has 1 heterocycles. The number of aliphatic imine (C=N–C) groups is 1. The number of nitrogens with zero attached hydrogens (tertiary/aromatic N) is 1. The molecule has 0 spiro atoms. The summed E-state index contributed by atoms with van der Waals surface area (Å²) in [4.78, 5) is 4.36. The molecule has 0 aromatic carbocycles. The second kappa shape index (κ2) is 5.11. The first-order chi connectivity index (χ1) is 5.79. The van der Waals surface area contributed by atoms with Gasteiger partial charge in [-0.2, -0.15) is 0 Å². The molecule has 1 rings (SSSR count). The summed E-state index contributed by atoms with van der Waals surface area (Å²) in [7, 11) is 0. The number of amidine groups is 1. The Balaban J connectivity index is 2.16. The van der Waals surface area contributed by atoms with Crippen LogP contribution in [0.1, 0.15) is 13.8 Å². The molecule has 1 saturated heterocycles. The van der Waals surface area contributed by atoms with Crippen LogP contribution >= 0.6 is 0 Å². The fourth-order valence-electron chi connectivity index (χ4n) is 1.000. The van der Waals surface area contributed by atoms with Gasteiger partial charge in [0.25, 0.3) is 0 Å². The van der Waals surface area contributed by atoms with Crippen molar-refractivity contribution in [3.63, 3.8) is 0 Å². The van der Waals surface area contributed by atoms with Crippen LogP contribution in [0, 0.1) is 0 Å². The maximum Gasteiger partial charge on any atom is 0.112 e. The van der Waals surface area contributed by atoms with Crippen molar-refractivity contribution in [3.05, 3.63) is 0 Å². The Labute approximate surface area is 73.8 Å². The highest BCUT2D eigenvalue weighted by Gasteiger charge is 2.02. The minimum absolute atomic E-state index is 0.505. The van der Waals surface area contributed by atoms with Gasteiger partial charge < -0.3 is 10.6 Å². The van der Waals surface area contributed by atoms with Crippen molar-refractivity contribution in [1.82, 2.24) is 16.0 Å². The molecule has 0 atom stereocenters. The molecule has 0 aromatic rings. The fourth-order valence-corrected chi connectivity index (χ4v) is 1.000. The molecule has 0 bridgehead atoms. The molecular formula is C8H18N4. The predicted molar refractivity (Wildman–Crippen MR) is 51.4 cm³/mol. The van der Waals surface area contributed by atoms with Gasteiger partial charge in [0, 0.05) is 19.1 Å². The monoisotopic (exact) mass is 170 g/mol. The highest BCUT2D eigenvalue weighted by atomic mass is 15.1. The van der Waals surface area contributed by atoms with Crippen LogP contribution in [-0.4, -0.2) is 38.2 Å². The first kappa shape index (κ1) is 9.48. The van der Waals surface area contributed by atoms with Crippen LogP contribution in [0.15, 0.2) is 4.99 Å². The standard InChI is InChI=1S/C8H18N4/c1-7(2)11-6-12-8-5-9-3-4-10-8/h7,9,11H,3-6H2,1-2H3,(H,10,12). The summed E-state index contributed by atoms with van der Waals surface area (Å²) < 4.78 is 0. The van der Waals surface area contributed by atoms with E-state index in [1.165, 1.54) is 0 Å². The van der Waals surface area contributed by atoms with Gasteiger partial charge in [-0.3, -0.25) is 10.3 Å². The lowest BCUT2D eigenvalue weighted by atomic mass is 10.4. The van der Waals surface area contributed by atoms with Crippen LogP contribution in [0.3, 0.4) is 0 Å². The molecule has 0 saturated carbocycles. The second-order valence-electron chi connectivity index (χ2n) is 3.23. The van der Waals surface area contributed by atoms with Crippen molar-refractivity contribution in [2.75, 3.05) is 26.3 Å². The topological polar surface area (TPSA) is 48.5 Å². The molecular weight excluding hydrogens is 152 g/mol. The largest absolute Gasteiger partial charge is 0.371 e. The van der Waals surface area contributed by atoms with E-state index in [0.717, 1.165) is 25.5 Å². The number of hydrogen-bond acceptors (Lipinski definition) is 3. The van der Waals surface area contributed by atoms with Crippen LogP contribution in [0.4, 0.5) is 0 Å². The maximum atomic E-state index is 4.36. The minimum Gasteiger partial charge on any atom is -0.371 e.